The molecule has 1 aliphatic rings. The Kier molecular flexibility index (Phi) is 5.30. The van der Waals surface area contributed by atoms with Crippen molar-refractivity contribution in [3.8, 4) is 0 Å². The molecule has 0 unspecified atom stereocenters. The van der Waals surface area contributed by atoms with Gasteiger partial charge in [0.2, 0.25) is 0 Å². The van der Waals surface area contributed by atoms with Crippen LogP contribution < -0.4 is 5.32 Å². The third-order valence-electron chi connectivity index (χ3n) is 3.08. The maximum absolute atomic E-state index is 12.0. The van der Waals surface area contributed by atoms with E-state index in [2.05, 4.69) is 23.4 Å². The van der Waals surface area contributed by atoms with Crippen LogP contribution in [0.1, 0.15) is 20.3 Å². The third-order valence-corrected chi connectivity index (χ3v) is 3.08. The lowest BCUT2D eigenvalue weighted by Gasteiger charge is -2.20. The average Bonchev–Trinajstić information content (AvgIpc) is 2.51. The highest BCUT2D eigenvalue weighted by atomic mass is 16.2. The Bertz CT molecular complexity index is 367. The molecule has 106 valence electrons. The summed E-state index contributed by atoms with van der Waals surface area (Å²) in [5.74, 6) is -0.156. The summed E-state index contributed by atoms with van der Waals surface area (Å²) < 4.78 is 0. The first-order chi connectivity index (χ1) is 8.92. The Morgan fingerprint density at radius 2 is 1.84 bits per heavy atom. The first-order valence-electron chi connectivity index (χ1n) is 6.50. The van der Waals surface area contributed by atoms with Gasteiger partial charge in [-0.05, 0) is 20.3 Å². The molecule has 19 heavy (non-hydrogen) atoms. The minimum absolute atomic E-state index is 0.156. The highest BCUT2D eigenvalue weighted by Crippen LogP contribution is 2.16. The normalized spacial score (nSPS) is 17.7. The second kappa shape index (κ2) is 6.52. The molecule has 0 aliphatic carbocycles. The Balaban J connectivity index is 2.44. The van der Waals surface area contributed by atoms with E-state index in [-0.39, 0.29) is 11.9 Å². The van der Waals surface area contributed by atoms with E-state index in [4.69, 9.17) is 0 Å². The zero-order chi connectivity index (χ0) is 14.5. The molecular weight excluding hydrogens is 242 g/mol. The molecule has 0 aromatic heterocycles. The monoisotopic (exact) mass is 265 g/mol. The van der Waals surface area contributed by atoms with Crippen LogP contribution in [-0.4, -0.2) is 53.5 Å². The fourth-order valence-electron chi connectivity index (χ4n) is 2.10. The second-order valence-corrected chi connectivity index (χ2v) is 5.20. The standard InChI is InChI=1S/C14H23N3O2/c1-5-8-16(9-6-2)10-7-11-17-12(18)14(3,4)15-13(17)19/h5-6H,1-2,7-11H2,3-4H3,(H,15,19). The molecule has 0 aromatic rings. The van der Waals surface area contributed by atoms with Crippen LogP contribution in [0.15, 0.2) is 25.3 Å². The van der Waals surface area contributed by atoms with Gasteiger partial charge in [0, 0.05) is 26.2 Å². The topological polar surface area (TPSA) is 52.6 Å². The van der Waals surface area contributed by atoms with Gasteiger partial charge in [0.15, 0.2) is 0 Å². The van der Waals surface area contributed by atoms with Gasteiger partial charge in [-0.1, -0.05) is 12.2 Å². The second-order valence-electron chi connectivity index (χ2n) is 5.20. The van der Waals surface area contributed by atoms with Crippen molar-refractivity contribution >= 4 is 11.9 Å². The van der Waals surface area contributed by atoms with E-state index < -0.39 is 5.54 Å². The van der Waals surface area contributed by atoms with Crippen molar-refractivity contribution in [3.05, 3.63) is 25.3 Å². The van der Waals surface area contributed by atoms with Crippen molar-refractivity contribution in [2.24, 2.45) is 0 Å². The number of carbonyl (C=O) groups is 2. The largest absolute Gasteiger partial charge is 0.325 e. The summed E-state index contributed by atoms with van der Waals surface area (Å²) in [5.41, 5.74) is -0.779. The molecule has 0 spiro atoms. The molecule has 5 heteroatoms. The minimum Gasteiger partial charge on any atom is -0.324 e. The summed E-state index contributed by atoms with van der Waals surface area (Å²) in [5, 5.41) is 2.67. The van der Waals surface area contributed by atoms with Crippen molar-refractivity contribution in [1.82, 2.24) is 15.1 Å². The van der Waals surface area contributed by atoms with Crippen LogP contribution in [-0.2, 0) is 4.79 Å². The predicted molar refractivity (Wildman–Crippen MR) is 75.8 cm³/mol. The van der Waals surface area contributed by atoms with E-state index in [1.807, 2.05) is 12.2 Å². The molecule has 1 saturated heterocycles. The highest BCUT2D eigenvalue weighted by Gasteiger charge is 2.43. The van der Waals surface area contributed by atoms with Gasteiger partial charge in [-0.15, -0.1) is 13.2 Å². The summed E-state index contributed by atoms with van der Waals surface area (Å²) >= 11 is 0. The van der Waals surface area contributed by atoms with Gasteiger partial charge < -0.3 is 5.32 Å². The summed E-state index contributed by atoms with van der Waals surface area (Å²) in [6.07, 6.45) is 4.41. The van der Waals surface area contributed by atoms with E-state index in [1.165, 1.54) is 4.90 Å². The number of nitrogens with one attached hydrogen (secondary N) is 1. The Morgan fingerprint density at radius 1 is 1.26 bits per heavy atom. The molecule has 0 radical (unpaired) electrons. The van der Waals surface area contributed by atoms with Gasteiger partial charge in [0.05, 0.1) is 0 Å². The van der Waals surface area contributed by atoms with Gasteiger partial charge in [-0.3, -0.25) is 14.6 Å². The van der Waals surface area contributed by atoms with Crippen molar-refractivity contribution in [2.45, 2.75) is 25.8 Å². The van der Waals surface area contributed by atoms with Crippen molar-refractivity contribution in [3.63, 3.8) is 0 Å². The molecule has 1 heterocycles. The molecule has 0 atom stereocenters. The molecule has 1 fully saturated rings. The van der Waals surface area contributed by atoms with E-state index >= 15 is 0 Å². The summed E-state index contributed by atoms with van der Waals surface area (Å²) in [7, 11) is 0. The lowest BCUT2D eigenvalue weighted by molar-refractivity contribution is -0.130. The quantitative estimate of drug-likeness (QED) is 0.533. The first kappa shape index (κ1) is 15.4. The first-order valence-corrected chi connectivity index (χ1v) is 6.50. The number of hydrogen-bond donors (Lipinski definition) is 1. The molecule has 1 rings (SSSR count). The minimum atomic E-state index is -0.779. The lowest BCUT2D eigenvalue weighted by Crippen LogP contribution is -2.40. The van der Waals surface area contributed by atoms with E-state index in [0.29, 0.717) is 6.54 Å². The molecule has 5 nitrogen and oxygen atoms in total. The molecule has 0 saturated carbocycles. The van der Waals surface area contributed by atoms with Gasteiger partial charge >= 0.3 is 6.03 Å². The molecule has 3 amide bonds. The number of rotatable bonds is 8. The average molecular weight is 265 g/mol. The fourth-order valence-corrected chi connectivity index (χ4v) is 2.10. The molecule has 0 bridgehead atoms. The molecule has 1 aliphatic heterocycles. The third kappa shape index (κ3) is 3.92. The van der Waals surface area contributed by atoms with Gasteiger partial charge in [-0.25, -0.2) is 4.79 Å². The Hall–Kier alpha value is -1.62. The molecular formula is C14H23N3O2. The fraction of sp³-hybridized carbons (Fsp3) is 0.571. The van der Waals surface area contributed by atoms with Crippen LogP contribution in [0.4, 0.5) is 4.79 Å². The number of amides is 3. The Morgan fingerprint density at radius 3 is 2.26 bits per heavy atom. The zero-order valence-electron chi connectivity index (χ0n) is 11.8. The predicted octanol–water partition coefficient (Wildman–Crippen LogP) is 1.38. The maximum atomic E-state index is 12.0. The van der Waals surface area contributed by atoms with Crippen LogP contribution in [0.2, 0.25) is 0 Å². The highest BCUT2D eigenvalue weighted by molar-refractivity contribution is 6.06. The molecule has 0 aromatic carbocycles. The maximum Gasteiger partial charge on any atom is 0.325 e. The van der Waals surface area contributed by atoms with Gasteiger partial charge in [0.1, 0.15) is 5.54 Å². The van der Waals surface area contributed by atoms with Gasteiger partial charge in [0.25, 0.3) is 5.91 Å². The van der Waals surface area contributed by atoms with Crippen LogP contribution >= 0.6 is 0 Å². The van der Waals surface area contributed by atoms with E-state index in [9.17, 15) is 9.59 Å². The SMILES string of the molecule is C=CCN(CC=C)CCCN1C(=O)NC(C)(C)C1=O. The number of nitrogens with zero attached hydrogens (tertiary/aromatic N) is 2. The van der Waals surface area contributed by atoms with Gasteiger partial charge in [-0.2, -0.15) is 0 Å². The smallest absolute Gasteiger partial charge is 0.324 e. The van der Waals surface area contributed by atoms with E-state index in [1.54, 1.807) is 13.8 Å². The lowest BCUT2D eigenvalue weighted by atomic mass is 10.1. The zero-order valence-corrected chi connectivity index (χ0v) is 11.8. The van der Waals surface area contributed by atoms with Crippen molar-refractivity contribution < 1.29 is 9.59 Å². The van der Waals surface area contributed by atoms with Crippen LogP contribution in [0.5, 0.6) is 0 Å². The number of urea groups is 1. The summed E-state index contributed by atoms with van der Waals surface area (Å²) in [6.45, 7) is 13.6. The van der Waals surface area contributed by atoms with Crippen molar-refractivity contribution in [2.75, 3.05) is 26.2 Å². The number of carbonyl (C=O) groups excluding carboxylic acids is 2. The number of hydrogen-bond acceptors (Lipinski definition) is 3. The number of imide groups is 1. The van der Waals surface area contributed by atoms with Crippen LogP contribution in [0.3, 0.4) is 0 Å². The van der Waals surface area contributed by atoms with E-state index in [0.717, 1.165) is 26.1 Å². The van der Waals surface area contributed by atoms with Crippen LogP contribution in [0, 0.1) is 0 Å². The van der Waals surface area contributed by atoms with Crippen LogP contribution in [0.25, 0.3) is 0 Å². The Labute approximate surface area is 114 Å². The summed E-state index contributed by atoms with van der Waals surface area (Å²) in [4.78, 5) is 27.1. The summed E-state index contributed by atoms with van der Waals surface area (Å²) in [6, 6.07) is -0.297. The molecule has 1 N–H and O–H groups in total. The van der Waals surface area contributed by atoms with Crippen molar-refractivity contribution in [1.29, 1.82) is 0 Å².